The molecule has 3 heterocycles. The number of benzene rings is 1. The highest BCUT2D eigenvalue weighted by molar-refractivity contribution is 6.35. The summed E-state index contributed by atoms with van der Waals surface area (Å²) in [5.74, 6) is 0.476. The first-order chi connectivity index (χ1) is 9.81. The number of fused-ring (bicyclic) bond motifs is 1. The van der Waals surface area contributed by atoms with Crippen molar-refractivity contribution in [2.75, 3.05) is 0 Å². The Hall–Kier alpha value is -2.74. The van der Waals surface area contributed by atoms with Gasteiger partial charge in [-0.3, -0.25) is 0 Å². The average Bonchev–Trinajstić information content (AvgIpc) is 2.86. The van der Waals surface area contributed by atoms with E-state index in [1.807, 2.05) is 0 Å². The average molecular weight is 286 g/mol. The number of amidine groups is 1. The second-order valence-corrected chi connectivity index (χ2v) is 4.40. The van der Waals surface area contributed by atoms with Gasteiger partial charge >= 0.3 is 0 Å². The highest BCUT2D eigenvalue weighted by atomic mass is 35.5. The summed E-state index contributed by atoms with van der Waals surface area (Å²) in [6.45, 7) is 0. The molecule has 0 bridgehead atoms. The van der Waals surface area contributed by atoms with E-state index in [1.165, 1.54) is 6.33 Å². The van der Waals surface area contributed by atoms with Crippen LogP contribution in [0.5, 0.6) is 0 Å². The van der Waals surface area contributed by atoms with Crippen LogP contribution in [0.2, 0.25) is 5.02 Å². The lowest BCUT2D eigenvalue weighted by Crippen LogP contribution is -2.04. The summed E-state index contributed by atoms with van der Waals surface area (Å²) in [5, 5.41) is 18.9. The van der Waals surface area contributed by atoms with Gasteiger partial charge in [-0.2, -0.15) is 0 Å². The third kappa shape index (κ3) is 1.66. The van der Waals surface area contributed by atoms with Crippen molar-refractivity contribution in [1.29, 1.82) is 0 Å². The minimum Gasteiger partial charge on any atom is -0.243 e. The molecule has 3 aromatic rings. The van der Waals surface area contributed by atoms with Crippen molar-refractivity contribution in [3.63, 3.8) is 0 Å². The molecule has 0 aliphatic carbocycles. The van der Waals surface area contributed by atoms with Crippen molar-refractivity contribution in [2.45, 2.75) is 0 Å². The van der Waals surface area contributed by atoms with Crippen LogP contribution in [0, 0.1) is 0 Å². The number of nitrogens with zero attached hydrogens (tertiary/aromatic N) is 7. The molecule has 9 heteroatoms. The van der Waals surface area contributed by atoms with Crippen LogP contribution in [-0.4, -0.2) is 26.1 Å². The molecule has 20 heavy (non-hydrogen) atoms. The first-order valence-corrected chi connectivity index (χ1v) is 5.92. The molecule has 0 N–H and O–H groups in total. The molecule has 0 atom stereocenters. The number of halogens is 1. The van der Waals surface area contributed by atoms with Gasteiger partial charge in [0, 0.05) is 5.56 Å². The zero-order chi connectivity index (χ0) is 13.5. The van der Waals surface area contributed by atoms with Crippen LogP contribution in [0.1, 0.15) is 5.69 Å². The Morgan fingerprint density at radius 3 is 2.65 bits per heavy atom. The predicted octanol–water partition coefficient (Wildman–Crippen LogP) is 2.46. The molecule has 1 aromatic carbocycles. The SMILES string of the molecule is Clc1cc(-c2cc(C3=NN=N3)ncn2)cc2nonc12. The minimum atomic E-state index is 0.444. The molecule has 0 saturated carbocycles. The number of hydrogen-bond acceptors (Lipinski definition) is 8. The number of hydrogen-bond donors (Lipinski definition) is 0. The Bertz CT molecular complexity index is 885. The zero-order valence-electron chi connectivity index (χ0n) is 9.73. The van der Waals surface area contributed by atoms with Crippen LogP contribution in [0.25, 0.3) is 22.3 Å². The normalized spacial score (nSPS) is 13.3. The summed E-state index contributed by atoms with van der Waals surface area (Å²) >= 11 is 6.13. The van der Waals surface area contributed by atoms with Crippen LogP contribution < -0.4 is 0 Å². The molecule has 0 unspecified atom stereocenters. The summed E-state index contributed by atoms with van der Waals surface area (Å²) in [6.07, 6.45) is 1.43. The van der Waals surface area contributed by atoms with Gasteiger partial charge < -0.3 is 0 Å². The van der Waals surface area contributed by atoms with E-state index in [9.17, 15) is 0 Å². The first-order valence-electron chi connectivity index (χ1n) is 5.54. The molecule has 0 spiro atoms. The van der Waals surface area contributed by atoms with Gasteiger partial charge in [0.25, 0.3) is 0 Å². The third-order valence-electron chi connectivity index (χ3n) is 2.79. The largest absolute Gasteiger partial charge is 0.243 e. The standard InChI is InChI=1S/C11H4ClN7O/c12-6-1-5(2-8-10(6)18-20-17-8)7-3-9(14-4-13-7)11-15-19-16-11/h1-4H. The Balaban J connectivity index is 1.85. The lowest BCUT2D eigenvalue weighted by atomic mass is 10.1. The van der Waals surface area contributed by atoms with E-state index >= 15 is 0 Å². The van der Waals surface area contributed by atoms with Gasteiger partial charge in [0.1, 0.15) is 17.5 Å². The fourth-order valence-corrected chi connectivity index (χ4v) is 2.08. The maximum atomic E-state index is 6.13. The highest BCUT2D eigenvalue weighted by Crippen LogP contribution is 2.28. The Labute approximate surface area is 116 Å². The lowest BCUT2D eigenvalue weighted by molar-refractivity contribution is 0.315. The molecule has 0 amide bonds. The summed E-state index contributed by atoms with van der Waals surface area (Å²) in [6, 6.07) is 5.28. The van der Waals surface area contributed by atoms with Crippen molar-refractivity contribution in [3.8, 4) is 11.3 Å². The van der Waals surface area contributed by atoms with Gasteiger partial charge in [0.15, 0.2) is 5.52 Å². The van der Waals surface area contributed by atoms with E-state index in [2.05, 4.69) is 40.3 Å². The fourth-order valence-electron chi connectivity index (χ4n) is 1.83. The number of rotatable bonds is 2. The molecule has 4 rings (SSSR count). The third-order valence-corrected chi connectivity index (χ3v) is 3.07. The monoisotopic (exact) mass is 285 g/mol. The van der Waals surface area contributed by atoms with Crippen molar-refractivity contribution in [1.82, 2.24) is 20.3 Å². The molecular weight excluding hydrogens is 282 g/mol. The van der Waals surface area contributed by atoms with Crippen LogP contribution in [-0.2, 0) is 0 Å². The quantitative estimate of drug-likeness (QED) is 0.719. The van der Waals surface area contributed by atoms with E-state index in [1.54, 1.807) is 18.2 Å². The molecule has 96 valence electrons. The van der Waals surface area contributed by atoms with Gasteiger partial charge in [-0.25, -0.2) is 14.6 Å². The smallest absolute Gasteiger partial charge is 0.225 e. The predicted molar refractivity (Wildman–Crippen MR) is 69.2 cm³/mol. The Morgan fingerprint density at radius 1 is 1.00 bits per heavy atom. The van der Waals surface area contributed by atoms with Crippen LogP contribution in [0.15, 0.2) is 44.6 Å². The minimum absolute atomic E-state index is 0.444. The van der Waals surface area contributed by atoms with E-state index in [-0.39, 0.29) is 0 Å². The van der Waals surface area contributed by atoms with Crippen molar-refractivity contribution < 1.29 is 4.63 Å². The van der Waals surface area contributed by atoms with Crippen LogP contribution >= 0.6 is 11.6 Å². The van der Waals surface area contributed by atoms with Gasteiger partial charge in [-0.15, -0.1) is 10.2 Å². The van der Waals surface area contributed by atoms with Crippen molar-refractivity contribution >= 4 is 28.5 Å². The molecule has 1 aliphatic rings. The Morgan fingerprint density at radius 2 is 1.85 bits per heavy atom. The molecular formula is C11H4ClN7O. The van der Waals surface area contributed by atoms with Gasteiger partial charge in [0.2, 0.25) is 5.84 Å². The maximum Gasteiger partial charge on any atom is 0.225 e. The van der Waals surface area contributed by atoms with Gasteiger partial charge in [-0.1, -0.05) is 11.6 Å². The molecule has 0 radical (unpaired) electrons. The van der Waals surface area contributed by atoms with E-state index in [4.69, 9.17) is 11.6 Å². The summed E-state index contributed by atoms with van der Waals surface area (Å²) in [4.78, 5) is 8.29. The molecule has 2 aromatic heterocycles. The van der Waals surface area contributed by atoms with Crippen molar-refractivity contribution in [3.05, 3.63) is 35.2 Å². The number of aromatic nitrogens is 4. The topological polar surface area (TPSA) is 102 Å². The van der Waals surface area contributed by atoms with Crippen molar-refractivity contribution in [2.24, 2.45) is 15.4 Å². The Kier molecular flexibility index (Phi) is 2.30. The maximum absolute atomic E-state index is 6.13. The first kappa shape index (κ1) is 11.1. The molecule has 1 aliphatic heterocycles. The lowest BCUT2D eigenvalue weighted by Gasteiger charge is -2.05. The molecule has 8 nitrogen and oxygen atoms in total. The fraction of sp³-hybridized carbons (Fsp3) is 0. The second kappa shape index (κ2) is 4.14. The van der Waals surface area contributed by atoms with Gasteiger partial charge in [-0.05, 0) is 33.7 Å². The summed E-state index contributed by atoms with van der Waals surface area (Å²) in [5.41, 5.74) is 3.13. The van der Waals surface area contributed by atoms with Crippen LogP contribution in [0.4, 0.5) is 0 Å². The summed E-state index contributed by atoms with van der Waals surface area (Å²) < 4.78 is 4.66. The second-order valence-electron chi connectivity index (χ2n) is 3.99. The zero-order valence-corrected chi connectivity index (χ0v) is 10.5. The van der Waals surface area contributed by atoms with E-state index in [0.717, 1.165) is 5.56 Å². The van der Waals surface area contributed by atoms with E-state index < -0.39 is 0 Å². The highest BCUT2D eigenvalue weighted by Gasteiger charge is 2.14. The summed E-state index contributed by atoms with van der Waals surface area (Å²) in [7, 11) is 0. The van der Waals surface area contributed by atoms with Gasteiger partial charge in [0.05, 0.1) is 10.7 Å². The van der Waals surface area contributed by atoms with E-state index in [0.29, 0.717) is 33.3 Å². The molecule has 0 fully saturated rings. The van der Waals surface area contributed by atoms with Crippen LogP contribution in [0.3, 0.4) is 0 Å². The molecule has 0 saturated heterocycles.